The van der Waals surface area contributed by atoms with Gasteiger partial charge in [0.05, 0.1) is 11.0 Å². The summed E-state index contributed by atoms with van der Waals surface area (Å²) in [4.78, 5) is 22.6. The Morgan fingerprint density at radius 3 is 2.03 bits per heavy atom. The molecule has 0 aromatic heterocycles. The van der Waals surface area contributed by atoms with Crippen molar-refractivity contribution in [3.63, 3.8) is 0 Å². The summed E-state index contributed by atoms with van der Waals surface area (Å²) in [6, 6.07) is 13.3. The molecule has 1 unspecified atom stereocenters. The number of hydrogen-bond donors (Lipinski definition) is 1. The van der Waals surface area contributed by atoms with Crippen molar-refractivity contribution in [3.05, 3.63) is 64.7 Å². The Balaban J connectivity index is 2.31. The third-order valence-corrected chi connectivity index (χ3v) is 5.25. The number of ether oxygens (including phenoxy) is 1. The van der Waals surface area contributed by atoms with Crippen molar-refractivity contribution in [3.8, 4) is 11.5 Å². The number of nitrogens with zero attached hydrogens (tertiary/aromatic N) is 1. The summed E-state index contributed by atoms with van der Waals surface area (Å²) in [6.45, 7) is 6.36. The molecule has 0 radical (unpaired) electrons. The zero-order valence-electron chi connectivity index (χ0n) is 16.5. The van der Waals surface area contributed by atoms with Crippen LogP contribution >= 0.6 is 7.75 Å². The molecule has 10 heteroatoms. The summed E-state index contributed by atoms with van der Waals surface area (Å²) in [7, 11) is -4.14. The summed E-state index contributed by atoms with van der Waals surface area (Å²) in [5.41, 5.74) is -1.56. The summed E-state index contributed by atoms with van der Waals surface area (Å²) in [5, 5.41) is 13.4. The molecule has 2 rings (SSSR count). The second-order valence-electron chi connectivity index (χ2n) is 6.93. The predicted molar refractivity (Wildman–Crippen MR) is 107 cm³/mol. The average Bonchev–Trinajstić information content (AvgIpc) is 2.61. The fourth-order valence-electron chi connectivity index (χ4n) is 2.20. The molecule has 1 atom stereocenters. The van der Waals surface area contributed by atoms with Crippen molar-refractivity contribution in [1.82, 2.24) is 5.09 Å². The molecule has 0 aliphatic rings. The lowest BCUT2D eigenvalue weighted by Crippen LogP contribution is -2.48. The van der Waals surface area contributed by atoms with Crippen molar-refractivity contribution in [2.24, 2.45) is 0 Å². The van der Waals surface area contributed by atoms with Crippen LogP contribution in [0.15, 0.2) is 54.6 Å². The standard InChI is InChI=1S/C19H23N2O7P/c1-14(2)26-18(22)19(3,4)20-29(25,27-16-8-6-5-7-9-16)28-17-12-10-15(11-13-17)21(23)24/h5-14H,1-4H3,(H,20,25). The monoisotopic (exact) mass is 422 g/mol. The van der Waals surface area contributed by atoms with Crippen molar-refractivity contribution >= 4 is 19.4 Å². The van der Waals surface area contributed by atoms with Crippen LogP contribution < -0.4 is 14.1 Å². The van der Waals surface area contributed by atoms with Crippen LogP contribution in [0.3, 0.4) is 0 Å². The lowest BCUT2D eigenvalue weighted by molar-refractivity contribution is -0.384. The number of para-hydroxylation sites is 1. The van der Waals surface area contributed by atoms with Crippen LogP contribution in [0.25, 0.3) is 0 Å². The van der Waals surface area contributed by atoms with Crippen molar-refractivity contribution in [2.75, 3.05) is 0 Å². The van der Waals surface area contributed by atoms with E-state index in [9.17, 15) is 19.5 Å². The first-order chi connectivity index (χ1) is 13.5. The molecule has 0 saturated carbocycles. The lowest BCUT2D eigenvalue weighted by Gasteiger charge is -2.29. The molecular formula is C19H23N2O7P. The number of non-ortho nitro benzene ring substituents is 1. The Bertz CT molecular complexity index is 899. The molecule has 1 N–H and O–H groups in total. The molecule has 156 valence electrons. The van der Waals surface area contributed by atoms with Crippen LogP contribution in [-0.4, -0.2) is 22.5 Å². The van der Waals surface area contributed by atoms with Gasteiger partial charge in [-0.05, 0) is 52.0 Å². The van der Waals surface area contributed by atoms with E-state index in [1.807, 2.05) is 0 Å². The Morgan fingerprint density at radius 2 is 1.55 bits per heavy atom. The van der Waals surface area contributed by atoms with E-state index in [1.165, 1.54) is 38.1 Å². The fourth-order valence-corrected chi connectivity index (χ4v) is 3.90. The summed E-state index contributed by atoms with van der Waals surface area (Å²) in [5.74, 6) is -0.328. The van der Waals surface area contributed by atoms with Crippen molar-refractivity contribution < 1.29 is 28.1 Å². The summed E-state index contributed by atoms with van der Waals surface area (Å²) >= 11 is 0. The number of nitro groups is 1. The van der Waals surface area contributed by atoms with Gasteiger partial charge in [0.25, 0.3) is 5.69 Å². The van der Waals surface area contributed by atoms with Crippen LogP contribution in [0.5, 0.6) is 11.5 Å². The van der Waals surface area contributed by atoms with Crippen LogP contribution in [0.4, 0.5) is 5.69 Å². The smallest absolute Gasteiger partial charge is 0.462 e. The van der Waals surface area contributed by atoms with E-state index in [2.05, 4.69) is 5.09 Å². The Kier molecular flexibility index (Phi) is 7.00. The number of esters is 1. The Hall–Kier alpha value is -2.90. The van der Waals surface area contributed by atoms with Crippen LogP contribution in [0.2, 0.25) is 0 Å². The minimum atomic E-state index is -4.14. The number of nitro benzene ring substituents is 1. The van der Waals surface area contributed by atoms with Crippen molar-refractivity contribution in [2.45, 2.75) is 39.3 Å². The fraction of sp³-hybridized carbons (Fsp3) is 0.316. The highest BCUT2D eigenvalue weighted by Gasteiger charge is 2.41. The second-order valence-corrected chi connectivity index (χ2v) is 8.52. The van der Waals surface area contributed by atoms with Gasteiger partial charge in [-0.15, -0.1) is 0 Å². The van der Waals surface area contributed by atoms with Crippen LogP contribution in [0.1, 0.15) is 27.7 Å². The first-order valence-corrected chi connectivity index (χ1v) is 10.3. The maximum Gasteiger partial charge on any atom is 0.513 e. The SMILES string of the molecule is CC(C)OC(=O)C(C)(C)NP(=O)(Oc1ccccc1)Oc1ccc([N+](=O)[O-])cc1. The Labute approximate surface area is 168 Å². The van der Waals surface area contributed by atoms with Crippen LogP contribution in [-0.2, 0) is 14.1 Å². The molecule has 2 aromatic rings. The molecule has 9 nitrogen and oxygen atoms in total. The maximum absolute atomic E-state index is 13.5. The number of carbonyl (C=O) groups is 1. The third-order valence-electron chi connectivity index (χ3n) is 3.51. The van der Waals surface area contributed by atoms with Gasteiger partial charge in [0.1, 0.15) is 17.0 Å². The summed E-state index contributed by atoms with van der Waals surface area (Å²) in [6.07, 6.45) is -0.367. The minimum Gasteiger partial charge on any atom is -0.462 e. The van der Waals surface area contributed by atoms with E-state index in [0.29, 0.717) is 0 Å². The zero-order valence-corrected chi connectivity index (χ0v) is 17.4. The molecule has 0 amide bonds. The van der Waals surface area contributed by atoms with Gasteiger partial charge >= 0.3 is 13.7 Å². The summed E-state index contributed by atoms with van der Waals surface area (Å²) < 4.78 is 29.8. The maximum atomic E-state index is 13.5. The highest BCUT2D eigenvalue weighted by molar-refractivity contribution is 7.52. The van der Waals surface area contributed by atoms with E-state index < -0.39 is 24.2 Å². The third kappa shape index (κ3) is 6.58. The van der Waals surface area contributed by atoms with Crippen LogP contribution in [0, 0.1) is 10.1 Å². The topological polar surface area (TPSA) is 117 Å². The minimum absolute atomic E-state index is 0.0652. The molecule has 0 bridgehead atoms. The Morgan fingerprint density at radius 1 is 1.03 bits per heavy atom. The molecule has 0 spiro atoms. The molecule has 2 aromatic carbocycles. The van der Waals surface area contributed by atoms with Gasteiger partial charge in [0, 0.05) is 12.1 Å². The molecular weight excluding hydrogens is 399 g/mol. The second kappa shape index (κ2) is 9.07. The highest BCUT2D eigenvalue weighted by Crippen LogP contribution is 2.47. The zero-order chi connectivity index (χ0) is 21.7. The van der Waals surface area contributed by atoms with E-state index in [0.717, 1.165) is 0 Å². The molecule has 0 saturated heterocycles. The van der Waals surface area contributed by atoms with Gasteiger partial charge < -0.3 is 13.8 Å². The van der Waals surface area contributed by atoms with Gasteiger partial charge in [-0.25, -0.2) is 4.57 Å². The number of carbonyl (C=O) groups excluding carboxylic acids is 1. The first kappa shape index (κ1) is 22.4. The molecule has 0 aliphatic heterocycles. The number of nitrogens with one attached hydrogen (secondary N) is 1. The number of hydrogen-bond acceptors (Lipinski definition) is 7. The molecule has 29 heavy (non-hydrogen) atoms. The lowest BCUT2D eigenvalue weighted by atomic mass is 10.1. The normalized spacial score (nSPS) is 13.4. The number of rotatable bonds is 9. The van der Waals surface area contributed by atoms with E-state index in [4.69, 9.17) is 13.8 Å². The number of benzene rings is 2. The largest absolute Gasteiger partial charge is 0.513 e. The van der Waals surface area contributed by atoms with Gasteiger partial charge in [-0.2, -0.15) is 5.09 Å². The van der Waals surface area contributed by atoms with E-state index in [1.54, 1.807) is 44.2 Å². The average molecular weight is 422 g/mol. The molecule has 0 aliphatic carbocycles. The first-order valence-electron chi connectivity index (χ1n) is 8.80. The van der Waals surface area contributed by atoms with Gasteiger partial charge in [-0.1, -0.05) is 18.2 Å². The molecule has 0 heterocycles. The van der Waals surface area contributed by atoms with E-state index in [-0.39, 0.29) is 23.3 Å². The quantitative estimate of drug-likeness (QED) is 0.272. The van der Waals surface area contributed by atoms with Gasteiger partial charge in [0.15, 0.2) is 0 Å². The highest BCUT2D eigenvalue weighted by atomic mass is 31.2. The van der Waals surface area contributed by atoms with Crippen molar-refractivity contribution in [1.29, 1.82) is 0 Å². The van der Waals surface area contributed by atoms with E-state index >= 15 is 0 Å². The van der Waals surface area contributed by atoms with Gasteiger partial charge in [-0.3, -0.25) is 14.9 Å². The molecule has 0 fully saturated rings. The van der Waals surface area contributed by atoms with Gasteiger partial charge in [0.2, 0.25) is 0 Å². The predicted octanol–water partition coefficient (Wildman–Crippen LogP) is 4.48.